The number of likely N-dealkylation sites (tertiary alicyclic amines) is 1. The number of imide groups is 1. The normalized spacial score (nSPS) is 27.3. The number of esters is 1. The second kappa shape index (κ2) is 9.24. The predicted octanol–water partition coefficient (Wildman–Crippen LogP) is 6.65. The van der Waals surface area contributed by atoms with Crippen molar-refractivity contribution in [1.29, 1.82) is 0 Å². The summed E-state index contributed by atoms with van der Waals surface area (Å²) in [6.07, 6.45) is 0. The number of hydrogen-bond donors (Lipinski definition) is 0. The molecule has 1 saturated heterocycles. The SMILES string of the molecule is CC(C)[C@@H](C(=O)OCc1ccc(Cl)c(Cl)c1)N1C(=O)[C@@H]2[C@H](C1=O)C1(Cl)c3ccccc3C2(Cl)c2ccccc21. The number of rotatable bonds is 5. The molecule has 3 aliphatic carbocycles. The third kappa shape index (κ3) is 3.56. The third-order valence-corrected chi connectivity index (χ3v) is 10.2. The molecule has 0 N–H and O–H groups in total. The van der Waals surface area contributed by atoms with Crippen LogP contribution < -0.4 is 0 Å². The van der Waals surface area contributed by atoms with Crippen LogP contribution in [0.4, 0.5) is 0 Å². The van der Waals surface area contributed by atoms with Gasteiger partial charge in [-0.2, -0.15) is 0 Å². The topological polar surface area (TPSA) is 63.7 Å². The van der Waals surface area contributed by atoms with E-state index in [0.717, 1.165) is 4.90 Å². The summed E-state index contributed by atoms with van der Waals surface area (Å²) in [7, 11) is 0. The molecule has 2 amide bonds. The second-order valence-electron chi connectivity index (χ2n) is 10.6. The Labute approximate surface area is 245 Å². The molecule has 1 heterocycles. The summed E-state index contributed by atoms with van der Waals surface area (Å²) in [6, 6.07) is 18.5. The summed E-state index contributed by atoms with van der Waals surface area (Å²) in [4.78, 5) is 40.4. The van der Waals surface area contributed by atoms with Crippen molar-refractivity contribution < 1.29 is 19.1 Å². The molecule has 1 aliphatic heterocycles. The Bertz CT molecular complexity index is 1430. The fourth-order valence-corrected chi connectivity index (χ4v) is 7.93. The summed E-state index contributed by atoms with van der Waals surface area (Å²) in [5.74, 6) is -4.17. The van der Waals surface area contributed by atoms with Crippen LogP contribution in [0.1, 0.15) is 41.7 Å². The smallest absolute Gasteiger partial charge is 0.329 e. The van der Waals surface area contributed by atoms with Crippen molar-refractivity contribution >= 4 is 64.2 Å². The van der Waals surface area contributed by atoms with Gasteiger partial charge in [0, 0.05) is 0 Å². The highest BCUT2D eigenvalue weighted by atomic mass is 35.5. The standard InChI is InChI=1S/C30H23Cl4NO4/c1-15(2)25(28(38)39-14-16-11-12-21(31)22(32)13-16)35-26(36)23-24(27(35)37)30(34)18-8-4-3-7-17(18)29(23,33)19-9-5-6-10-20(19)30/h3-13,15,23-25H,14H2,1-2H3/t23-,24+,25-,29?,30?/m0/s1. The predicted molar refractivity (Wildman–Crippen MR) is 150 cm³/mol. The van der Waals surface area contributed by atoms with Gasteiger partial charge in [-0.05, 0) is 45.9 Å². The van der Waals surface area contributed by atoms with Gasteiger partial charge >= 0.3 is 5.97 Å². The molecule has 0 aromatic heterocycles. The van der Waals surface area contributed by atoms with Crippen molar-refractivity contribution in [3.8, 4) is 0 Å². The zero-order chi connectivity index (χ0) is 27.9. The minimum absolute atomic E-state index is 0.0994. The molecule has 0 radical (unpaired) electrons. The Balaban J connectivity index is 1.41. The molecule has 2 bridgehead atoms. The largest absolute Gasteiger partial charge is 0.459 e. The Morgan fingerprint density at radius 2 is 1.28 bits per heavy atom. The Morgan fingerprint density at radius 3 is 1.69 bits per heavy atom. The molecule has 4 aliphatic rings. The van der Waals surface area contributed by atoms with E-state index in [0.29, 0.717) is 37.9 Å². The van der Waals surface area contributed by atoms with Gasteiger partial charge in [0.25, 0.3) is 0 Å². The van der Waals surface area contributed by atoms with E-state index in [1.54, 1.807) is 32.0 Å². The average molecular weight is 603 g/mol. The first kappa shape index (κ1) is 26.6. The molecule has 3 atom stereocenters. The molecule has 3 aromatic carbocycles. The van der Waals surface area contributed by atoms with Crippen LogP contribution in [0.3, 0.4) is 0 Å². The summed E-state index contributed by atoms with van der Waals surface area (Å²) >= 11 is 27.0. The van der Waals surface area contributed by atoms with Crippen LogP contribution in [0.5, 0.6) is 0 Å². The van der Waals surface area contributed by atoms with E-state index in [1.807, 2.05) is 48.5 Å². The molecule has 39 heavy (non-hydrogen) atoms. The van der Waals surface area contributed by atoms with Crippen LogP contribution in [0.15, 0.2) is 66.7 Å². The summed E-state index contributed by atoms with van der Waals surface area (Å²) in [6.45, 7) is 3.43. The summed E-state index contributed by atoms with van der Waals surface area (Å²) in [5, 5.41) is 0.707. The molecule has 9 heteroatoms. The van der Waals surface area contributed by atoms with Gasteiger partial charge in [0.1, 0.15) is 22.4 Å². The maximum Gasteiger partial charge on any atom is 0.329 e. The van der Waals surface area contributed by atoms with Crippen LogP contribution >= 0.6 is 46.4 Å². The van der Waals surface area contributed by atoms with Crippen LogP contribution in [0, 0.1) is 17.8 Å². The Morgan fingerprint density at radius 1 is 0.821 bits per heavy atom. The molecule has 0 spiro atoms. The first-order valence-corrected chi connectivity index (χ1v) is 14.1. The maximum absolute atomic E-state index is 14.2. The second-order valence-corrected chi connectivity index (χ2v) is 12.6. The highest BCUT2D eigenvalue weighted by molar-refractivity contribution is 6.42. The number of carbonyl (C=O) groups excluding carboxylic acids is 3. The number of nitrogens with zero attached hydrogens (tertiary/aromatic N) is 1. The van der Waals surface area contributed by atoms with Crippen molar-refractivity contribution in [3.63, 3.8) is 0 Å². The van der Waals surface area contributed by atoms with E-state index in [9.17, 15) is 14.4 Å². The van der Waals surface area contributed by atoms with Crippen LogP contribution in [0.2, 0.25) is 10.0 Å². The van der Waals surface area contributed by atoms with Gasteiger partial charge < -0.3 is 4.74 Å². The van der Waals surface area contributed by atoms with E-state index in [4.69, 9.17) is 51.1 Å². The van der Waals surface area contributed by atoms with Gasteiger partial charge in [-0.25, -0.2) is 4.79 Å². The first-order chi connectivity index (χ1) is 18.5. The Hall–Kier alpha value is -2.57. The molecule has 200 valence electrons. The Kier molecular flexibility index (Phi) is 6.31. The zero-order valence-electron chi connectivity index (χ0n) is 21.0. The van der Waals surface area contributed by atoms with E-state index >= 15 is 0 Å². The molecule has 3 aromatic rings. The number of benzene rings is 3. The molecule has 0 saturated carbocycles. The number of hydrogen-bond acceptors (Lipinski definition) is 4. The van der Waals surface area contributed by atoms with E-state index in [2.05, 4.69) is 0 Å². The van der Waals surface area contributed by atoms with Gasteiger partial charge in [-0.3, -0.25) is 14.5 Å². The minimum Gasteiger partial charge on any atom is -0.459 e. The fourth-order valence-electron chi connectivity index (χ4n) is 6.51. The number of amides is 2. The highest BCUT2D eigenvalue weighted by Crippen LogP contribution is 2.69. The van der Waals surface area contributed by atoms with Crippen molar-refractivity contribution in [2.24, 2.45) is 17.8 Å². The maximum atomic E-state index is 14.2. The van der Waals surface area contributed by atoms with Crippen LogP contribution in [-0.4, -0.2) is 28.7 Å². The summed E-state index contributed by atoms with van der Waals surface area (Å²) < 4.78 is 5.60. The number of halogens is 4. The van der Waals surface area contributed by atoms with Gasteiger partial charge in [0.15, 0.2) is 0 Å². The quantitative estimate of drug-likeness (QED) is 0.186. The minimum atomic E-state index is -1.32. The molecule has 0 unspecified atom stereocenters. The molecule has 7 rings (SSSR count). The van der Waals surface area contributed by atoms with Gasteiger partial charge in [0.2, 0.25) is 11.8 Å². The average Bonchev–Trinajstić information content (AvgIpc) is 3.19. The van der Waals surface area contributed by atoms with Gasteiger partial charge in [0.05, 0.1) is 21.9 Å². The van der Waals surface area contributed by atoms with E-state index in [1.165, 1.54) is 0 Å². The lowest BCUT2D eigenvalue weighted by Crippen LogP contribution is -2.57. The first-order valence-electron chi connectivity index (χ1n) is 12.6. The lowest BCUT2D eigenvalue weighted by molar-refractivity contribution is -0.162. The van der Waals surface area contributed by atoms with Crippen molar-refractivity contribution in [2.45, 2.75) is 36.2 Å². The third-order valence-electron chi connectivity index (χ3n) is 8.14. The van der Waals surface area contributed by atoms with Crippen molar-refractivity contribution in [3.05, 3.63) is 105 Å². The molecular formula is C30H23Cl4NO4. The zero-order valence-corrected chi connectivity index (χ0v) is 24.0. The molecular weight excluding hydrogens is 580 g/mol. The highest BCUT2D eigenvalue weighted by Gasteiger charge is 2.74. The number of alkyl halides is 2. The van der Waals surface area contributed by atoms with Crippen LogP contribution in [0.25, 0.3) is 0 Å². The van der Waals surface area contributed by atoms with Crippen LogP contribution in [-0.2, 0) is 35.5 Å². The lowest BCUT2D eigenvalue weighted by atomic mass is 9.54. The number of ether oxygens (including phenoxy) is 1. The van der Waals surface area contributed by atoms with E-state index in [-0.39, 0.29) is 6.61 Å². The molecule has 1 fully saturated rings. The monoisotopic (exact) mass is 601 g/mol. The van der Waals surface area contributed by atoms with Gasteiger partial charge in [-0.1, -0.05) is 91.6 Å². The fraction of sp³-hybridized carbons (Fsp3) is 0.300. The number of carbonyl (C=O) groups is 3. The van der Waals surface area contributed by atoms with Crippen molar-refractivity contribution in [2.75, 3.05) is 0 Å². The van der Waals surface area contributed by atoms with Crippen molar-refractivity contribution in [1.82, 2.24) is 4.90 Å². The lowest BCUT2D eigenvalue weighted by Gasteiger charge is -2.54. The van der Waals surface area contributed by atoms with E-state index < -0.39 is 51.3 Å². The summed E-state index contributed by atoms with van der Waals surface area (Å²) in [5.41, 5.74) is 3.43. The van der Waals surface area contributed by atoms with Gasteiger partial charge in [-0.15, -0.1) is 23.2 Å². The molecule has 5 nitrogen and oxygen atoms in total.